The molecule has 3 saturated heterocycles. The summed E-state index contributed by atoms with van der Waals surface area (Å²) in [6.07, 6.45) is -1.27. The van der Waals surface area contributed by atoms with Crippen molar-refractivity contribution in [1.29, 1.82) is 0 Å². The van der Waals surface area contributed by atoms with E-state index in [0.29, 0.717) is 42.9 Å². The topological polar surface area (TPSA) is 90.4 Å². The Balaban J connectivity index is 1.13. The number of carbonyl (C=O) groups excluding carboxylic acids is 3. The summed E-state index contributed by atoms with van der Waals surface area (Å²) < 4.78 is 45.3. The smallest absolute Gasteiger partial charge is 0.385 e. The molecular weight excluding hydrogens is 551 g/mol. The molecule has 3 fully saturated rings. The summed E-state index contributed by atoms with van der Waals surface area (Å²) >= 11 is 0. The molecule has 0 saturated carbocycles. The van der Waals surface area contributed by atoms with E-state index in [4.69, 9.17) is 4.74 Å². The van der Waals surface area contributed by atoms with Crippen LogP contribution in [0, 0.1) is 5.92 Å². The Morgan fingerprint density at radius 1 is 1.00 bits per heavy atom. The van der Waals surface area contributed by atoms with Gasteiger partial charge >= 0.3 is 6.18 Å². The van der Waals surface area contributed by atoms with Crippen molar-refractivity contribution in [1.82, 2.24) is 9.80 Å². The third-order valence-electron chi connectivity index (χ3n) is 9.13. The number of benzene rings is 2. The van der Waals surface area contributed by atoms with Crippen molar-refractivity contribution >= 4 is 23.4 Å². The maximum atomic E-state index is 13.6. The minimum atomic E-state index is -4.50. The average Bonchev–Trinajstić information content (AvgIpc) is 3.60. The predicted molar refractivity (Wildman–Crippen MR) is 147 cm³/mol. The first-order chi connectivity index (χ1) is 20.0. The lowest BCUT2D eigenvalue weighted by Crippen LogP contribution is -2.50. The molecule has 4 heterocycles. The molecule has 0 radical (unpaired) electrons. The Morgan fingerprint density at radius 3 is 2.48 bits per heavy atom. The minimum absolute atomic E-state index is 0.0687. The van der Waals surface area contributed by atoms with Gasteiger partial charge in [0.1, 0.15) is 0 Å². The number of ether oxygens (including phenoxy) is 1. The normalized spacial score (nSPS) is 24.3. The fraction of sp³-hybridized carbons (Fsp3) is 0.516. The second-order valence-electron chi connectivity index (χ2n) is 11.8. The average molecular weight is 586 g/mol. The highest BCUT2D eigenvalue weighted by atomic mass is 19.4. The first-order valence-electron chi connectivity index (χ1n) is 14.6. The van der Waals surface area contributed by atoms with Crippen LogP contribution in [0.4, 0.5) is 18.9 Å². The van der Waals surface area contributed by atoms with Gasteiger partial charge in [-0.3, -0.25) is 19.3 Å². The molecule has 3 amide bonds. The van der Waals surface area contributed by atoms with Crippen LogP contribution in [0.1, 0.15) is 70.4 Å². The van der Waals surface area contributed by atoms with Crippen LogP contribution in [-0.4, -0.2) is 78.1 Å². The van der Waals surface area contributed by atoms with Crippen LogP contribution in [0.25, 0.3) is 0 Å². The summed E-state index contributed by atoms with van der Waals surface area (Å²) in [5.74, 6) is -1.07. The summed E-state index contributed by atoms with van der Waals surface area (Å²) in [6.45, 7) is 2.35. The molecule has 0 bridgehead atoms. The lowest BCUT2D eigenvalue weighted by atomic mass is 9.83. The van der Waals surface area contributed by atoms with Gasteiger partial charge in [0.2, 0.25) is 5.91 Å². The number of nitrogens with zero attached hydrogens (tertiary/aromatic N) is 3. The highest BCUT2D eigenvalue weighted by molar-refractivity contribution is 6.23. The van der Waals surface area contributed by atoms with Gasteiger partial charge in [-0.05, 0) is 68.4 Å². The highest BCUT2D eigenvalue weighted by Gasteiger charge is 2.42. The van der Waals surface area contributed by atoms with Gasteiger partial charge in [0, 0.05) is 32.8 Å². The first kappa shape index (κ1) is 28.7. The predicted octanol–water partition coefficient (Wildman–Crippen LogP) is 4.21. The number of likely N-dealkylation sites (tertiary alicyclic amines) is 1. The molecule has 42 heavy (non-hydrogen) atoms. The Bertz CT molecular complexity index is 1380. The molecule has 224 valence electrons. The van der Waals surface area contributed by atoms with Gasteiger partial charge in [-0.1, -0.05) is 18.2 Å². The van der Waals surface area contributed by atoms with Crippen molar-refractivity contribution in [3.63, 3.8) is 0 Å². The van der Waals surface area contributed by atoms with Crippen molar-refractivity contribution in [2.45, 2.75) is 56.4 Å². The molecule has 8 nitrogen and oxygen atoms in total. The standard InChI is InChI=1S/C31H34F3N3O5/c32-31(33,34)22-7-1-6-21(17-22)30(41)11-14-35(15-12-30)27(38)20-5-3-13-36(18-20)25-10-2-9-24-26(25)29(40)37(28(24)39)19-23-8-4-16-42-23/h1-2,6-7,9-10,17,20,23,41H,3-5,8,11-16,18-19H2/t20-,23-/m0/s1. The van der Waals surface area contributed by atoms with Crippen LogP contribution < -0.4 is 4.90 Å². The fourth-order valence-corrected chi connectivity index (χ4v) is 6.76. The lowest BCUT2D eigenvalue weighted by Gasteiger charge is -2.41. The van der Waals surface area contributed by atoms with Crippen LogP contribution in [-0.2, 0) is 21.3 Å². The first-order valence-corrected chi connectivity index (χ1v) is 14.6. The van der Waals surface area contributed by atoms with Gasteiger partial charge in [0.25, 0.3) is 11.8 Å². The molecule has 11 heteroatoms. The van der Waals surface area contributed by atoms with Crippen molar-refractivity contribution in [2.75, 3.05) is 44.2 Å². The fourth-order valence-electron chi connectivity index (χ4n) is 6.76. The summed E-state index contributed by atoms with van der Waals surface area (Å²) in [6, 6.07) is 10.0. The van der Waals surface area contributed by atoms with Gasteiger partial charge in [0.15, 0.2) is 0 Å². The van der Waals surface area contributed by atoms with E-state index in [0.717, 1.165) is 31.4 Å². The van der Waals surface area contributed by atoms with Crippen LogP contribution >= 0.6 is 0 Å². The number of amides is 3. The number of anilines is 1. The van der Waals surface area contributed by atoms with Gasteiger partial charge in [-0.25, -0.2) is 0 Å². The summed E-state index contributed by atoms with van der Waals surface area (Å²) in [7, 11) is 0. The molecule has 2 aromatic rings. The van der Waals surface area contributed by atoms with E-state index in [1.165, 1.54) is 17.0 Å². The van der Waals surface area contributed by atoms with Crippen LogP contribution in [0.3, 0.4) is 0 Å². The largest absolute Gasteiger partial charge is 0.416 e. The van der Waals surface area contributed by atoms with Crippen LogP contribution in [0.2, 0.25) is 0 Å². The Kier molecular flexibility index (Phi) is 7.51. The second-order valence-corrected chi connectivity index (χ2v) is 11.8. The number of hydrogen-bond acceptors (Lipinski definition) is 6. The number of carbonyl (C=O) groups is 3. The van der Waals surface area contributed by atoms with E-state index in [1.807, 2.05) is 11.0 Å². The number of hydrogen-bond donors (Lipinski definition) is 1. The number of rotatable bonds is 5. The van der Waals surface area contributed by atoms with Crippen molar-refractivity contribution in [3.8, 4) is 0 Å². The SMILES string of the molecule is O=C([C@H]1CCCN(c2cccc3c2C(=O)N(C[C@@H]2CCCO2)C3=O)C1)N1CCC(O)(c2cccc(C(F)(F)F)c2)CC1. The van der Waals surface area contributed by atoms with E-state index >= 15 is 0 Å². The molecule has 4 aliphatic heterocycles. The van der Waals surface area contributed by atoms with Crippen molar-refractivity contribution in [3.05, 3.63) is 64.7 Å². The molecule has 2 aromatic carbocycles. The molecule has 0 aromatic heterocycles. The zero-order valence-electron chi connectivity index (χ0n) is 23.2. The number of piperidine rings is 2. The molecule has 6 rings (SSSR count). The number of halogens is 3. The molecular formula is C31H34F3N3O5. The van der Waals surface area contributed by atoms with Gasteiger partial charge in [0.05, 0.1) is 46.5 Å². The molecule has 0 unspecified atom stereocenters. The Hall–Kier alpha value is -3.44. The molecule has 1 N–H and O–H groups in total. The number of alkyl halides is 3. The van der Waals surface area contributed by atoms with Gasteiger partial charge < -0.3 is 19.6 Å². The van der Waals surface area contributed by atoms with E-state index in [1.54, 1.807) is 17.0 Å². The Labute approximate surface area is 242 Å². The second kappa shape index (κ2) is 11.0. The van der Waals surface area contributed by atoms with Crippen molar-refractivity contribution < 1.29 is 37.4 Å². The number of aliphatic hydroxyl groups is 1. The van der Waals surface area contributed by atoms with Crippen LogP contribution in [0.5, 0.6) is 0 Å². The quantitative estimate of drug-likeness (QED) is 0.529. The molecule has 0 aliphatic carbocycles. The van der Waals surface area contributed by atoms with Gasteiger partial charge in [-0.2, -0.15) is 13.2 Å². The highest BCUT2D eigenvalue weighted by Crippen LogP contribution is 2.38. The van der Waals surface area contributed by atoms with Crippen molar-refractivity contribution in [2.24, 2.45) is 5.92 Å². The third kappa shape index (κ3) is 5.28. The lowest BCUT2D eigenvalue weighted by molar-refractivity contribution is -0.140. The maximum absolute atomic E-state index is 13.6. The van der Waals surface area contributed by atoms with Gasteiger partial charge in [-0.15, -0.1) is 0 Å². The molecule has 2 atom stereocenters. The summed E-state index contributed by atoms with van der Waals surface area (Å²) in [5, 5.41) is 11.2. The molecule has 4 aliphatic rings. The third-order valence-corrected chi connectivity index (χ3v) is 9.13. The summed E-state index contributed by atoms with van der Waals surface area (Å²) in [5.41, 5.74) is -0.651. The van der Waals surface area contributed by atoms with E-state index in [9.17, 15) is 32.7 Å². The summed E-state index contributed by atoms with van der Waals surface area (Å²) in [4.78, 5) is 45.1. The number of imide groups is 1. The monoisotopic (exact) mass is 585 g/mol. The molecule has 0 spiro atoms. The number of fused-ring (bicyclic) bond motifs is 1. The maximum Gasteiger partial charge on any atom is 0.416 e. The minimum Gasteiger partial charge on any atom is -0.385 e. The van der Waals surface area contributed by atoms with E-state index in [2.05, 4.69) is 0 Å². The van der Waals surface area contributed by atoms with E-state index in [-0.39, 0.29) is 67.8 Å². The zero-order chi connectivity index (χ0) is 29.6. The Morgan fingerprint density at radius 2 is 1.76 bits per heavy atom. The van der Waals surface area contributed by atoms with E-state index < -0.39 is 17.3 Å². The van der Waals surface area contributed by atoms with Crippen LogP contribution in [0.15, 0.2) is 42.5 Å². The zero-order valence-corrected chi connectivity index (χ0v) is 23.2.